The zero-order chi connectivity index (χ0) is 28.8. The number of hydrogen-bond donors (Lipinski definition) is 2. The van der Waals surface area contributed by atoms with Crippen molar-refractivity contribution in [3.05, 3.63) is 94.0 Å². The highest BCUT2D eigenvalue weighted by atomic mass is 35.5. The highest BCUT2D eigenvalue weighted by Crippen LogP contribution is 2.32. The van der Waals surface area contributed by atoms with Gasteiger partial charge in [0.25, 0.3) is 5.91 Å². The second kappa shape index (κ2) is 13.4. The number of rotatable bonds is 10. The Morgan fingerprint density at radius 1 is 1.05 bits per heavy atom. The minimum atomic E-state index is -0.297. The Morgan fingerprint density at radius 3 is 2.20 bits per heavy atom. The van der Waals surface area contributed by atoms with Crippen LogP contribution in [0.5, 0.6) is 5.75 Å². The van der Waals surface area contributed by atoms with E-state index < -0.39 is 0 Å². The topological polar surface area (TPSA) is 76.8 Å². The fourth-order valence-corrected chi connectivity index (χ4v) is 5.58. The maximum atomic E-state index is 13.6. The predicted octanol–water partition coefficient (Wildman–Crippen LogP) is 6.03. The number of nitrogens with two attached hydrogens (primary N) is 1. The zero-order valence-electron chi connectivity index (χ0n) is 23.0. The first-order valence-corrected chi connectivity index (χ1v) is 13.8. The summed E-state index contributed by atoms with van der Waals surface area (Å²) in [7, 11) is 3.13. The van der Waals surface area contributed by atoms with E-state index in [4.69, 9.17) is 26.8 Å². The molecule has 0 bridgehead atoms. The molecule has 6 nitrogen and oxygen atoms in total. The summed E-state index contributed by atoms with van der Waals surface area (Å²) in [6.45, 7) is 3.61. The molecule has 0 aliphatic carbocycles. The Kier molecular flexibility index (Phi) is 10.0. The molecule has 40 heavy (non-hydrogen) atoms. The zero-order valence-corrected chi connectivity index (χ0v) is 23.8. The van der Waals surface area contributed by atoms with Crippen molar-refractivity contribution in [2.45, 2.75) is 50.3 Å². The van der Waals surface area contributed by atoms with Crippen molar-refractivity contribution in [3.63, 3.8) is 0 Å². The number of likely N-dealkylation sites (tertiary alicyclic amines) is 1. The maximum Gasteiger partial charge on any atom is 0.255 e. The van der Waals surface area contributed by atoms with E-state index in [2.05, 4.69) is 17.1 Å². The highest BCUT2D eigenvalue weighted by Gasteiger charge is 2.33. The molecule has 1 aliphatic rings. The summed E-state index contributed by atoms with van der Waals surface area (Å²) in [6, 6.07) is 16.1. The first-order valence-electron chi connectivity index (χ1n) is 13.4. The van der Waals surface area contributed by atoms with E-state index in [-0.39, 0.29) is 46.7 Å². The molecule has 1 heterocycles. The van der Waals surface area contributed by atoms with E-state index >= 15 is 0 Å². The number of nitrogen functional groups attached to an aromatic ring is 1. The number of piperidine rings is 1. The first kappa shape index (κ1) is 29.8. The summed E-state index contributed by atoms with van der Waals surface area (Å²) >= 11 is 6.16. The van der Waals surface area contributed by atoms with Gasteiger partial charge in [0.15, 0.2) is 0 Å². The normalized spacial score (nSPS) is 18.5. The number of methoxy groups -OCH3 is 2. The molecular formula is C31H36ClF2N3O3. The van der Waals surface area contributed by atoms with E-state index in [1.165, 1.54) is 37.4 Å². The quantitative estimate of drug-likeness (QED) is 0.291. The summed E-state index contributed by atoms with van der Waals surface area (Å²) in [4.78, 5) is 15.5. The lowest BCUT2D eigenvalue weighted by Crippen LogP contribution is -2.56. The van der Waals surface area contributed by atoms with Crippen molar-refractivity contribution < 1.29 is 23.0 Å². The molecule has 3 atom stereocenters. The summed E-state index contributed by atoms with van der Waals surface area (Å²) < 4.78 is 38.3. The number of amides is 1. The molecule has 0 spiro atoms. The smallest absolute Gasteiger partial charge is 0.255 e. The molecule has 1 saturated heterocycles. The van der Waals surface area contributed by atoms with Crippen LogP contribution in [0.25, 0.3) is 0 Å². The van der Waals surface area contributed by atoms with Gasteiger partial charge in [-0.05, 0) is 67.6 Å². The Bertz CT molecular complexity index is 1240. The molecule has 1 amide bonds. The monoisotopic (exact) mass is 571 g/mol. The summed E-state index contributed by atoms with van der Waals surface area (Å²) in [5.41, 5.74) is 8.51. The fourth-order valence-electron chi connectivity index (χ4n) is 5.41. The summed E-state index contributed by atoms with van der Waals surface area (Å²) in [5, 5.41) is 3.38. The van der Waals surface area contributed by atoms with Crippen LogP contribution >= 0.6 is 11.6 Å². The van der Waals surface area contributed by atoms with Gasteiger partial charge in [-0.25, -0.2) is 8.78 Å². The lowest BCUT2D eigenvalue weighted by atomic mass is 9.86. The SMILES string of the molecule is COc1cc(N)c(Cl)cc1C(=O)N[C@H]1CCN(C(C)CCC(c2ccc(F)cc2)c2ccc(F)cc2)C[C@H]1OC. The Morgan fingerprint density at radius 2 is 1.65 bits per heavy atom. The molecule has 3 aromatic carbocycles. The standard InChI is InChI=1S/C31H36ClF2N3O3/c1-19(4-13-24(20-5-9-22(33)10-6-20)21-7-11-23(34)12-8-21)37-15-14-28(30(18-37)40-3)36-31(38)25-16-26(32)27(35)17-29(25)39-2/h5-12,16-17,19,24,28,30H,4,13-15,18,35H2,1-3H3,(H,36,38)/t19?,28-,30+/m0/s1. The van der Waals surface area contributed by atoms with E-state index in [9.17, 15) is 13.6 Å². The van der Waals surface area contributed by atoms with Crippen LogP contribution in [-0.2, 0) is 4.74 Å². The van der Waals surface area contributed by atoms with Gasteiger partial charge in [-0.1, -0.05) is 35.9 Å². The average Bonchev–Trinajstić information content (AvgIpc) is 2.96. The number of benzene rings is 3. The van der Waals surface area contributed by atoms with Gasteiger partial charge in [0.1, 0.15) is 17.4 Å². The van der Waals surface area contributed by atoms with Crippen molar-refractivity contribution in [3.8, 4) is 5.75 Å². The van der Waals surface area contributed by atoms with Crippen molar-refractivity contribution in [2.24, 2.45) is 0 Å². The van der Waals surface area contributed by atoms with Crippen LogP contribution in [0, 0.1) is 11.6 Å². The number of anilines is 1. The van der Waals surface area contributed by atoms with Crippen LogP contribution in [-0.4, -0.2) is 56.3 Å². The number of carbonyl (C=O) groups is 1. The molecule has 3 aromatic rings. The third kappa shape index (κ3) is 7.11. The van der Waals surface area contributed by atoms with Crippen LogP contribution < -0.4 is 15.8 Å². The molecule has 4 rings (SSSR count). The third-order valence-electron chi connectivity index (χ3n) is 7.81. The maximum absolute atomic E-state index is 13.6. The number of nitrogens with zero attached hydrogens (tertiary/aromatic N) is 1. The van der Waals surface area contributed by atoms with Gasteiger partial charge in [-0.15, -0.1) is 0 Å². The Hall–Kier alpha value is -3.20. The molecule has 0 radical (unpaired) electrons. The van der Waals surface area contributed by atoms with Crippen LogP contribution in [0.4, 0.5) is 14.5 Å². The van der Waals surface area contributed by atoms with Gasteiger partial charge in [-0.3, -0.25) is 9.69 Å². The molecule has 3 N–H and O–H groups in total. The molecule has 0 aromatic heterocycles. The van der Waals surface area contributed by atoms with Gasteiger partial charge in [0.2, 0.25) is 0 Å². The molecular weight excluding hydrogens is 536 g/mol. The molecule has 1 unspecified atom stereocenters. The predicted molar refractivity (Wildman–Crippen MR) is 154 cm³/mol. The second-order valence-electron chi connectivity index (χ2n) is 10.3. The van der Waals surface area contributed by atoms with E-state index in [0.29, 0.717) is 30.0 Å². The van der Waals surface area contributed by atoms with Crippen molar-refractivity contribution >= 4 is 23.2 Å². The number of carbonyl (C=O) groups excluding carboxylic acids is 1. The highest BCUT2D eigenvalue weighted by molar-refractivity contribution is 6.33. The van der Waals surface area contributed by atoms with Crippen LogP contribution in [0.15, 0.2) is 60.7 Å². The van der Waals surface area contributed by atoms with Crippen LogP contribution in [0.1, 0.15) is 53.6 Å². The van der Waals surface area contributed by atoms with Gasteiger partial charge < -0.3 is 20.5 Å². The third-order valence-corrected chi connectivity index (χ3v) is 8.14. The first-order chi connectivity index (χ1) is 19.2. The van der Waals surface area contributed by atoms with Crippen molar-refractivity contribution in [1.29, 1.82) is 0 Å². The van der Waals surface area contributed by atoms with Gasteiger partial charge in [0.05, 0.1) is 35.5 Å². The largest absolute Gasteiger partial charge is 0.496 e. The Labute approximate surface area is 239 Å². The van der Waals surface area contributed by atoms with E-state index in [1.807, 2.05) is 0 Å². The van der Waals surface area contributed by atoms with Crippen molar-refractivity contribution in [1.82, 2.24) is 10.2 Å². The minimum Gasteiger partial charge on any atom is -0.496 e. The van der Waals surface area contributed by atoms with Gasteiger partial charge in [-0.2, -0.15) is 0 Å². The molecule has 1 aliphatic heterocycles. The number of hydrogen-bond acceptors (Lipinski definition) is 5. The summed E-state index contributed by atoms with van der Waals surface area (Å²) in [5.74, 6) is -0.493. The molecule has 9 heteroatoms. The molecule has 0 saturated carbocycles. The number of ether oxygens (including phenoxy) is 2. The summed E-state index contributed by atoms with van der Waals surface area (Å²) in [6.07, 6.45) is 2.18. The second-order valence-corrected chi connectivity index (χ2v) is 10.7. The lowest BCUT2D eigenvalue weighted by Gasteiger charge is -2.41. The average molecular weight is 572 g/mol. The van der Waals surface area contributed by atoms with Gasteiger partial charge >= 0.3 is 0 Å². The van der Waals surface area contributed by atoms with E-state index in [0.717, 1.165) is 30.5 Å². The van der Waals surface area contributed by atoms with Crippen LogP contribution in [0.3, 0.4) is 0 Å². The van der Waals surface area contributed by atoms with E-state index in [1.54, 1.807) is 37.4 Å². The molecule has 1 fully saturated rings. The minimum absolute atomic E-state index is 0.0143. The number of nitrogens with one attached hydrogen (secondary N) is 1. The molecule has 214 valence electrons. The van der Waals surface area contributed by atoms with Crippen LogP contribution in [0.2, 0.25) is 5.02 Å². The van der Waals surface area contributed by atoms with Gasteiger partial charge in [0, 0.05) is 38.2 Å². The van der Waals surface area contributed by atoms with Crippen molar-refractivity contribution in [2.75, 3.05) is 33.0 Å². The Balaban J connectivity index is 1.40. The lowest BCUT2D eigenvalue weighted by molar-refractivity contribution is -0.00660. The number of halogens is 3. The fraction of sp³-hybridized carbons (Fsp3) is 0.387.